The number of rotatable bonds is 3. The van der Waals surface area contributed by atoms with Crippen LogP contribution >= 0.6 is 0 Å². The van der Waals surface area contributed by atoms with E-state index in [1.807, 2.05) is 36.4 Å². The Balaban J connectivity index is 2.48. The minimum atomic E-state index is 0.928. The van der Waals surface area contributed by atoms with Gasteiger partial charge in [-0.2, -0.15) is 0 Å². The van der Waals surface area contributed by atoms with E-state index in [9.17, 15) is 0 Å². The van der Waals surface area contributed by atoms with Gasteiger partial charge in [-0.15, -0.1) is 0 Å². The average molecular weight is 224 g/mol. The van der Waals surface area contributed by atoms with Gasteiger partial charge in [0.2, 0.25) is 0 Å². The molecule has 2 rings (SSSR count). The van der Waals surface area contributed by atoms with E-state index in [0.29, 0.717) is 0 Å². The predicted molar refractivity (Wildman–Crippen MR) is 72.4 cm³/mol. The molecule has 0 amide bonds. The number of hydrogen-bond acceptors (Lipinski definition) is 1. The SMILES string of the molecule is CO/C(=C(\C)c1ccccc1)c1ccccc1. The molecule has 1 nitrogen and oxygen atoms in total. The van der Waals surface area contributed by atoms with E-state index >= 15 is 0 Å². The summed E-state index contributed by atoms with van der Waals surface area (Å²) in [5.74, 6) is 0.928. The largest absolute Gasteiger partial charge is 0.496 e. The molecule has 0 fully saturated rings. The minimum absolute atomic E-state index is 0.928. The number of allylic oxidation sites excluding steroid dienone is 1. The fourth-order valence-electron chi connectivity index (χ4n) is 1.90. The second-order valence-corrected chi connectivity index (χ2v) is 3.89. The highest BCUT2D eigenvalue weighted by Crippen LogP contribution is 2.26. The molecule has 0 bridgehead atoms. The lowest BCUT2D eigenvalue weighted by atomic mass is 10.0. The summed E-state index contributed by atoms with van der Waals surface area (Å²) in [5, 5.41) is 0. The summed E-state index contributed by atoms with van der Waals surface area (Å²) < 4.78 is 5.53. The second kappa shape index (κ2) is 5.35. The molecule has 86 valence electrons. The summed E-state index contributed by atoms with van der Waals surface area (Å²) in [6.45, 7) is 2.08. The molecule has 0 heterocycles. The quantitative estimate of drug-likeness (QED) is 0.560. The molecule has 0 saturated carbocycles. The van der Waals surface area contributed by atoms with Crippen molar-refractivity contribution in [1.29, 1.82) is 0 Å². The highest BCUT2D eigenvalue weighted by atomic mass is 16.5. The average Bonchev–Trinajstić information content (AvgIpc) is 2.42. The first-order chi connectivity index (χ1) is 8.33. The zero-order chi connectivity index (χ0) is 12.1. The molecule has 17 heavy (non-hydrogen) atoms. The molecule has 0 aliphatic carbocycles. The molecule has 0 aliphatic heterocycles. The van der Waals surface area contributed by atoms with Crippen molar-refractivity contribution in [3.05, 3.63) is 71.8 Å². The van der Waals surface area contributed by atoms with E-state index in [-0.39, 0.29) is 0 Å². The van der Waals surface area contributed by atoms with Crippen molar-refractivity contribution in [3.8, 4) is 0 Å². The Labute approximate surface area is 102 Å². The monoisotopic (exact) mass is 224 g/mol. The summed E-state index contributed by atoms with van der Waals surface area (Å²) in [6.07, 6.45) is 0. The minimum Gasteiger partial charge on any atom is -0.496 e. The molecule has 0 radical (unpaired) electrons. The molecule has 2 aromatic rings. The van der Waals surface area contributed by atoms with Gasteiger partial charge >= 0.3 is 0 Å². The van der Waals surface area contributed by atoms with Crippen molar-refractivity contribution in [1.82, 2.24) is 0 Å². The third kappa shape index (κ3) is 2.56. The van der Waals surface area contributed by atoms with Crippen molar-refractivity contribution >= 4 is 11.3 Å². The molecule has 0 saturated heterocycles. The zero-order valence-corrected chi connectivity index (χ0v) is 10.2. The maximum Gasteiger partial charge on any atom is 0.129 e. The standard InChI is InChI=1S/C16H16O/c1-13(14-9-5-3-6-10-14)16(17-2)15-11-7-4-8-12-15/h3-12H,1-2H3/b16-13+. The lowest BCUT2D eigenvalue weighted by molar-refractivity contribution is 0.371. The summed E-state index contributed by atoms with van der Waals surface area (Å²) in [6, 6.07) is 20.5. The molecular formula is C16H16O. The lowest BCUT2D eigenvalue weighted by Crippen LogP contribution is -1.91. The lowest BCUT2D eigenvalue weighted by Gasteiger charge is -2.11. The summed E-state index contributed by atoms with van der Waals surface area (Å²) in [7, 11) is 1.72. The van der Waals surface area contributed by atoms with Crippen LogP contribution in [0.15, 0.2) is 60.7 Å². The van der Waals surface area contributed by atoms with Gasteiger partial charge in [0, 0.05) is 5.56 Å². The van der Waals surface area contributed by atoms with Crippen molar-refractivity contribution in [3.63, 3.8) is 0 Å². The fraction of sp³-hybridized carbons (Fsp3) is 0.125. The van der Waals surface area contributed by atoms with E-state index in [0.717, 1.165) is 16.9 Å². The number of ether oxygens (including phenoxy) is 1. The topological polar surface area (TPSA) is 9.23 Å². The van der Waals surface area contributed by atoms with Gasteiger partial charge in [0.25, 0.3) is 0 Å². The Kier molecular flexibility index (Phi) is 3.61. The van der Waals surface area contributed by atoms with Crippen LogP contribution in [0, 0.1) is 0 Å². The molecule has 0 atom stereocenters. The second-order valence-electron chi connectivity index (χ2n) is 3.89. The molecule has 1 heteroatoms. The van der Waals surface area contributed by atoms with Crippen LogP contribution in [-0.2, 0) is 4.74 Å². The Hall–Kier alpha value is -2.02. The maximum absolute atomic E-state index is 5.53. The molecular weight excluding hydrogens is 208 g/mol. The summed E-state index contributed by atoms with van der Waals surface area (Å²) in [4.78, 5) is 0. The predicted octanol–water partition coefficient (Wildman–Crippen LogP) is 4.22. The third-order valence-electron chi connectivity index (χ3n) is 2.79. The van der Waals surface area contributed by atoms with Crippen LogP contribution in [0.3, 0.4) is 0 Å². The molecule has 0 N–H and O–H groups in total. The fourth-order valence-corrected chi connectivity index (χ4v) is 1.90. The van der Waals surface area contributed by atoms with Gasteiger partial charge in [-0.25, -0.2) is 0 Å². The zero-order valence-electron chi connectivity index (χ0n) is 10.2. The smallest absolute Gasteiger partial charge is 0.129 e. The van der Waals surface area contributed by atoms with Crippen molar-refractivity contribution in [2.45, 2.75) is 6.92 Å². The molecule has 0 aliphatic rings. The van der Waals surface area contributed by atoms with E-state index in [2.05, 4.69) is 31.2 Å². The van der Waals surface area contributed by atoms with Crippen LogP contribution in [0.25, 0.3) is 11.3 Å². The van der Waals surface area contributed by atoms with Gasteiger partial charge in [0.05, 0.1) is 7.11 Å². The van der Waals surface area contributed by atoms with Gasteiger partial charge in [-0.05, 0) is 18.1 Å². The first-order valence-electron chi connectivity index (χ1n) is 5.68. The van der Waals surface area contributed by atoms with Gasteiger partial charge in [0.1, 0.15) is 5.76 Å². The Morgan fingerprint density at radius 2 is 1.24 bits per heavy atom. The van der Waals surface area contributed by atoms with Crippen LogP contribution in [0.2, 0.25) is 0 Å². The van der Waals surface area contributed by atoms with Gasteiger partial charge in [-0.3, -0.25) is 0 Å². The summed E-state index contributed by atoms with van der Waals surface area (Å²) in [5.41, 5.74) is 3.45. The third-order valence-corrected chi connectivity index (χ3v) is 2.79. The Morgan fingerprint density at radius 1 is 0.765 bits per heavy atom. The van der Waals surface area contributed by atoms with E-state index in [4.69, 9.17) is 4.74 Å². The van der Waals surface area contributed by atoms with Crippen LogP contribution < -0.4 is 0 Å². The van der Waals surface area contributed by atoms with Gasteiger partial charge < -0.3 is 4.74 Å². The molecule has 0 aromatic heterocycles. The van der Waals surface area contributed by atoms with Crippen molar-refractivity contribution < 1.29 is 4.74 Å². The summed E-state index contributed by atoms with van der Waals surface area (Å²) >= 11 is 0. The number of benzene rings is 2. The van der Waals surface area contributed by atoms with Gasteiger partial charge in [-0.1, -0.05) is 60.7 Å². The molecule has 0 unspecified atom stereocenters. The van der Waals surface area contributed by atoms with E-state index in [1.54, 1.807) is 7.11 Å². The Morgan fingerprint density at radius 3 is 1.71 bits per heavy atom. The van der Waals surface area contributed by atoms with Gasteiger partial charge in [0.15, 0.2) is 0 Å². The van der Waals surface area contributed by atoms with Crippen molar-refractivity contribution in [2.75, 3.05) is 7.11 Å². The molecule has 2 aromatic carbocycles. The normalized spacial score (nSPS) is 11.9. The van der Waals surface area contributed by atoms with E-state index < -0.39 is 0 Å². The van der Waals surface area contributed by atoms with Crippen LogP contribution in [0.1, 0.15) is 18.1 Å². The first kappa shape index (κ1) is 11.5. The highest BCUT2D eigenvalue weighted by molar-refractivity contribution is 5.86. The first-order valence-corrected chi connectivity index (χ1v) is 5.68. The van der Waals surface area contributed by atoms with Crippen LogP contribution in [-0.4, -0.2) is 7.11 Å². The van der Waals surface area contributed by atoms with E-state index in [1.165, 1.54) is 5.56 Å². The Bertz CT molecular complexity index is 498. The highest BCUT2D eigenvalue weighted by Gasteiger charge is 2.07. The maximum atomic E-state index is 5.53. The van der Waals surface area contributed by atoms with Crippen LogP contribution in [0.5, 0.6) is 0 Å². The van der Waals surface area contributed by atoms with Crippen molar-refractivity contribution in [2.24, 2.45) is 0 Å². The number of hydrogen-bond donors (Lipinski definition) is 0. The molecule has 0 spiro atoms. The van der Waals surface area contributed by atoms with Crippen LogP contribution in [0.4, 0.5) is 0 Å². The number of methoxy groups -OCH3 is 1.